The summed E-state index contributed by atoms with van der Waals surface area (Å²) in [6.45, 7) is 10.5. The second-order valence-corrected chi connectivity index (χ2v) is 3.44. The predicted octanol–water partition coefficient (Wildman–Crippen LogP) is 4.34. The molecule has 0 radical (unpaired) electrons. The van der Waals surface area contributed by atoms with Crippen molar-refractivity contribution in [1.82, 2.24) is 0 Å². The lowest BCUT2D eigenvalue weighted by atomic mass is 9.79. The van der Waals surface area contributed by atoms with Gasteiger partial charge in [-0.3, -0.25) is 0 Å². The van der Waals surface area contributed by atoms with E-state index < -0.39 is 0 Å². The highest BCUT2D eigenvalue weighted by Gasteiger charge is 2.19. The van der Waals surface area contributed by atoms with E-state index in [1.807, 2.05) is 0 Å². The molecule has 0 heteroatoms. The van der Waals surface area contributed by atoms with Crippen molar-refractivity contribution >= 4 is 0 Å². The van der Waals surface area contributed by atoms with Gasteiger partial charge in [-0.05, 0) is 19.8 Å². The van der Waals surface area contributed by atoms with E-state index in [1.54, 1.807) is 0 Å². The van der Waals surface area contributed by atoms with Crippen molar-refractivity contribution in [2.24, 2.45) is 5.41 Å². The Morgan fingerprint density at radius 3 is 1.92 bits per heavy atom. The van der Waals surface area contributed by atoms with Crippen LogP contribution < -0.4 is 0 Å². The maximum Gasteiger partial charge on any atom is 0.00580 e. The van der Waals surface area contributed by atoms with E-state index in [9.17, 15) is 0 Å². The highest BCUT2D eigenvalue weighted by Crippen LogP contribution is 2.32. The zero-order chi connectivity index (χ0) is 9.45. The standard InChI is InChI=1S/C12H22/c1-5-9-12(8-4,10-6-2)11-7-3/h5,8-9H,4,6-7,10-11H2,1-3H3. The monoisotopic (exact) mass is 166 g/mol. The Balaban J connectivity index is 4.38. The fraction of sp³-hybridized carbons (Fsp3) is 0.667. The van der Waals surface area contributed by atoms with Crippen molar-refractivity contribution in [3.63, 3.8) is 0 Å². The van der Waals surface area contributed by atoms with E-state index in [-0.39, 0.29) is 5.41 Å². The Morgan fingerprint density at radius 2 is 1.67 bits per heavy atom. The summed E-state index contributed by atoms with van der Waals surface area (Å²) >= 11 is 0. The van der Waals surface area contributed by atoms with Gasteiger partial charge < -0.3 is 0 Å². The van der Waals surface area contributed by atoms with Gasteiger partial charge >= 0.3 is 0 Å². The van der Waals surface area contributed by atoms with E-state index in [0.717, 1.165) is 0 Å². The topological polar surface area (TPSA) is 0 Å². The Hall–Kier alpha value is -0.520. The molecule has 0 fully saturated rings. The summed E-state index contributed by atoms with van der Waals surface area (Å²) in [4.78, 5) is 0. The van der Waals surface area contributed by atoms with Gasteiger partial charge in [0.1, 0.15) is 0 Å². The molecule has 0 saturated heterocycles. The van der Waals surface area contributed by atoms with Crippen LogP contribution in [0.15, 0.2) is 24.8 Å². The lowest BCUT2D eigenvalue weighted by Gasteiger charge is -2.26. The number of hydrogen-bond acceptors (Lipinski definition) is 0. The molecule has 0 N–H and O–H groups in total. The molecule has 12 heavy (non-hydrogen) atoms. The summed E-state index contributed by atoms with van der Waals surface area (Å²) < 4.78 is 0. The third-order valence-electron chi connectivity index (χ3n) is 2.34. The van der Waals surface area contributed by atoms with Crippen LogP contribution in [0.3, 0.4) is 0 Å². The second kappa shape index (κ2) is 6.05. The summed E-state index contributed by atoms with van der Waals surface area (Å²) in [5.74, 6) is 0. The average Bonchev–Trinajstić information content (AvgIpc) is 2.06. The molecule has 0 unspecified atom stereocenters. The third kappa shape index (κ3) is 3.25. The molecule has 0 spiro atoms. The average molecular weight is 166 g/mol. The van der Waals surface area contributed by atoms with Gasteiger partial charge in [0, 0.05) is 5.41 Å². The summed E-state index contributed by atoms with van der Waals surface area (Å²) in [6.07, 6.45) is 11.5. The molecule has 0 amide bonds. The van der Waals surface area contributed by atoms with Gasteiger partial charge in [-0.2, -0.15) is 0 Å². The van der Waals surface area contributed by atoms with Crippen LogP contribution in [-0.4, -0.2) is 0 Å². The van der Waals surface area contributed by atoms with Crippen LogP contribution in [0.2, 0.25) is 0 Å². The van der Waals surface area contributed by atoms with Crippen LogP contribution in [0.1, 0.15) is 46.5 Å². The molecule has 0 aliphatic rings. The second-order valence-electron chi connectivity index (χ2n) is 3.44. The lowest BCUT2D eigenvalue weighted by molar-refractivity contribution is 0.405. The maximum absolute atomic E-state index is 3.94. The Bertz CT molecular complexity index is 136. The van der Waals surface area contributed by atoms with Crippen molar-refractivity contribution < 1.29 is 0 Å². The van der Waals surface area contributed by atoms with Gasteiger partial charge in [-0.15, -0.1) is 6.58 Å². The first kappa shape index (κ1) is 11.5. The molecule has 0 nitrogen and oxygen atoms in total. The van der Waals surface area contributed by atoms with Crippen molar-refractivity contribution in [1.29, 1.82) is 0 Å². The van der Waals surface area contributed by atoms with Gasteiger partial charge in [-0.25, -0.2) is 0 Å². The molecule has 0 aliphatic carbocycles. The number of rotatable bonds is 6. The molecule has 0 atom stereocenters. The van der Waals surface area contributed by atoms with E-state index in [1.165, 1.54) is 25.7 Å². The minimum absolute atomic E-state index is 0.276. The molecular weight excluding hydrogens is 144 g/mol. The van der Waals surface area contributed by atoms with Crippen LogP contribution in [0.4, 0.5) is 0 Å². The van der Waals surface area contributed by atoms with Crippen molar-refractivity contribution in [3.05, 3.63) is 24.8 Å². The van der Waals surface area contributed by atoms with Crippen molar-refractivity contribution in [3.8, 4) is 0 Å². The molecule has 70 valence electrons. The highest BCUT2D eigenvalue weighted by molar-refractivity contribution is 5.08. The summed E-state index contributed by atoms with van der Waals surface area (Å²) in [6, 6.07) is 0. The van der Waals surface area contributed by atoms with E-state index in [2.05, 4.69) is 45.6 Å². The van der Waals surface area contributed by atoms with Gasteiger partial charge in [0.2, 0.25) is 0 Å². The lowest BCUT2D eigenvalue weighted by Crippen LogP contribution is -2.13. The van der Waals surface area contributed by atoms with Crippen LogP contribution in [0.5, 0.6) is 0 Å². The fourth-order valence-electron chi connectivity index (χ4n) is 1.83. The van der Waals surface area contributed by atoms with Gasteiger partial charge in [-0.1, -0.05) is 44.9 Å². The van der Waals surface area contributed by atoms with E-state index in [4.69, 9.17) is 0 Å². The predicted molar refractivity (Wildman–Crippen MR) is 57.3 cm³/mol. The molecule has 0 aromatic carbocycles. The molecule has 0 saturated carbocycles. The smallest absolute Gasteiger partial charge is 0.00580 e. The first-order chi connectivity index (χ1) is 5.74. The van der Waals surface area contributed by atoms with E-state index in [0.29, 0.717) is 0 Å². The van der Waals surface area contributed by atoms with E-state index >= 15 is 0 Å². The molecule has 0 heterocycles. The van der Waals surface area contributed by atoms with Gasteiger partial charge in [0.25, 0.3) is 0 Å². The Kier molecular flexibility index (Phi) is 5.79. The van der Waals surface area contributed by atoms with Gasteiger partial charge in [0.15, 0.2) is 0 Å². The number of hydrogen-bond donors (Lipinski definition) is 0. The molecule has 0 aromatic rings. The largest absolute Gasteiger partial charge is 0.102 e. The SMILES string of the molecule is C=CC(C=CC)(CCC)CCC. The fourth-order valence-corrected chi connectivity index (χ4v) is 1.83. The zero-order valence-corrected chi connectivity index (χ0v) is 8.77. The van der Waals surface area contributed by atoms with Crippen LogP contribution in [0, 0.1) is 5.41 Å². The molecule has 0 aromatic heterocycles. The summed E-state index contributed by atoms with van der Waals surface area (Å²) in [7, 11) is 0. The van der Waals surface area contributed by atoms with Crippen LogP contribution in [0.25, 0.3) is 0 Å². The van der Waals surface area contributed by atoms with Crippen LogP contribution in [-0.2, 0) is 0 Å². The van der Waals surface area contributed by atoms with Crippen molar-refractivity contribution in [2.45, 2.75) is 46.5 Å². The van der Waals surface area contributed by atoms with Crippen LogP contribution >= 0.6 is 0 Å². The highest BCUT2D eigenvalue weighted by atomic mass is 14.2. The Labute approximate surface area is 77.4 Å². The molecule has 0 bridgehead atoms. The van der Waals surface area contributed by atoms with Gasteiger partial charge in [0.05, 0.1) is 0 Å². The zero-order valence-electron chi connectivity index (χ0n) is 8.77. The summed E-state index contributed by atoms with van der Waals surface area (Å²) in [5, 5.41) is 0. The summed E-state index contributed by atoms with van der Waals surface area (Å²) in [5.41, 5.74) is 0.276. The quantitative estimate of drug-likeness (QED) is 0.515. The minimum atomic E-state index is 0.276. The van der Waals surface area contributed by atoms with Crippen molar-refractivity contribution in [2.75, 3.05) is 0 Å². The maximum atomic E-state index is 3.94. The first-order valence-electron chi connectivity index (χ1n) is 5.02. The first-order valence-corrected chi connectivity index (χ1v) is 5.02. The molecule has 0 rings (SSSR count). The number of allylic oxidation sites excluding steroid dienone is 3. The normalized spacial score (nSPS) is 12.2. The molecule has 0 aliphatic heterocycles. The third-order valence-corrected chi connectivity index (χ3v) is 2.34. The molecular formula is C12H22. The Morgan fingerprint density at radius 1 is 1.17 bits per heavy atom. The minimum Gasteiger partial charge on any atom is -0.102 e.